The molecule has 2 aromatic carbocycles. The second-order valence-electron chi connectivity index (χ2n) is 3.77. The molecule has 0 aliphatic carbocycles. The molecule has 0 spiro atoms. The van der Waals surface area contributed by atoms with Crippen LogP contribution in [0.3, 0.4) is 0 Å². The zero-order chi connectivity index (χ0) is 14.1. The Morgan fingerprint density at radius 2 is 1.20 bits per heavy atom. The maximum atomic E-state index is 12.2. The molecule has 0 saturated carbocycles. The van der Waals surface area contributed by atoms with Crippen molar-refractivity contribution in [3.8, 4) is 0 Å². The zero-order valence-corrected chi connectivity index (χ0v) is 15.3. The maximum absolute atomic E-state index is 12.2. The average molecular weight is 337 g/mol. The van der Waals surface area contributed by atoms with Crippen LogP contribution in [0.25, 0.3) is 0 Å². The molecule has 0 heterocycles. The number of benzene rings is 2. The molecule has 0 saturated heterocycles. The molecule has 0 aromatic heterocycles. The van der Waals surface area contributed by atoms with Gasteiger partial charge in [0.1, 0.15) is 0 Å². The third-order valence-electron chi connectivity index (χ3n) is 2.47. The minimum absolute atomic E-state index is 0. The van der Waals surface area contributed by atoms with Crippen LogP contribution in [0.15, 0.2) is 69.3 Å². The van der Waals surface area contributed by atoms with Gasteiger partial charge >= 0.3 is 0 Å². The molecule has 0 amide bonds. The first-order valence-electron chi connectivity index (χ1n) is 5.19. The van der Waals surface area contributed by atoms with Crippen molar-refractivity contribution in [1.29, 1.82) is 0 Å². The van der Waals surface area contributed by atoms with E-state index >= 15 is 0 Å². The third-order valence-corrected chi connectivity index (χ3v) is 5.08. The van der Waals surface area contributed by atoms with Gasteiger partial charge in [-0.15, -0.1) is 0 Å². The van der Waals surface area contributed by atoms with E-state index in [0.29, 0.717) is 0 Å². The summed E-state index contributed by atoms with van der Waals surface area (Å²) in [6, 6.07) is 12.2. The molecule has 0 aliphatic rings. The zero-order valence-electron chi connectivity index (χ0n) is 10.6. The molecule has 8 heteroatoms. The number of hydrogen-bond donors (Lipinski definition) is 1. The fraction of sp³-hybridized carbons (Fsp3) is 0. The van der Waals surface area contributed by atoms with Crippen LogP contribution in [0.1, 0.15) is 0 Å². The van der Waals surface area contributed by atoms with Crippen molar-refractivity contribution in [3.63, 3.8) is 0 Å². The normalized spacial score (nSPS) is 11.7. The fourth-order valence-corrected chi connectivity index (χ4v) is 3.47. The first-order valence-corrected chi connectivity index (χ1v) is 8.12. The monoisotopic (exact) mass is 337 g/mol. The molecule has 101 valence electrons. The molecule has 0 atom stereocenters. The average Bonchev–Trinajstić information content (AvgIpc) is 2.39. The van der Waals surface area contributed by atoms with Gasteiger partial charge in [0.15, 0.2) is 0 Å². The summed E-state index contributed by atoms with van der Waals surface area (Å²) < 4.78 is 55.4. The summed E-state index contributed by atoms with van der Waals surface area (Å²) in [5, 5.41) is 0. The van der Waals surface area contributed by atoms with Crippen LogP contribution < -0.4 is 0 Å². The molecule has 0 aliphatic heterocycles. The number of sulfone groups is 1. The van der Waals surface area contributed by atoms with Gasteiger partial charge in [0.2, 0.25) is 9.84 Å². The van der Waals surface area contributed by atoms with Gasteiger partial charge in [0.05, 0.1) is 14.7 Å². The summed E-state index contributed by atoms with van der Waals surface area (Å²) in [4.78, 5) is -0.583. The molecular weight excluding hydrogens is 327 g/mol. The predicted molar refractivity (Wildman–Crippen MR) is 73.9 cm³/mol. The Kier molecular flexibility index (Phi) is 6.11. The standard InChI is InChI=1S/C12H10O5S2.K/c13-18(14,10-5-2-1-3-6-10)11-7-4-8-12(9-11)19(15,16)17;/h1-9H,(H,15,16,17);. The SMILES string of the molecule is O=S(=O)(O)c1cccc(S(=O)(=O)c2ccccc2)c1.[K]. The largest absolute Gasteiger partial charge is 0.294 e. The first kappa shape index (κ1) is 18.0. The van der Waals surface area contributed by atoms with Crippen LogP contribution in [-0.4, -0.2) is 72.8 Å². The van der Waals surface area contributed by atoms with Gasteiger partial charge < -0.3 is 0 Å². The first-order chi connectivity index (χ1) is 8.82. The molecule has 0 bridgehead atoms. The van der Waals surface area contributed by atoms with Gasteiger partial charge in [0.25, 0.3) is 10.1 Å². The van der Waals surface area contributed by atoms with Crippen LogP contribution in [0.2, 0.25) is 0 Å². The van der Waals surface area contributed by atoms with Crippen molar-refractivity contribution >= 4 is 71.3 Å². The topological polar surface area (TPSA) is 88.5 Å². The summed E-state index contributed by atoms with van der Waals surface area (Å²) in [5.74, 6) is 0. The second-order valence-corrected chi connectivity index (χ2v) is 7.14. The van der Waals surface area contributed by atoms with Crippen molar-refractivity contribution < 1.29 is 21.4 Å². The van der Waals surface area contributed by atoms with E-state index in [4.69, 9.17) is 4.55 Å². The Morgan fingerprint density at radius 3 is 1.75 bits per heavy atom. The molecule has 0 unspecified atom stereocenters. The van der Waals surface area contributed by atoms with Gasteiger partial charge in [-0.2, -0.15) is 8.42 Å². The van der Waals surface area contributed by atoms with E-state index in [-0.39, 0.29) is 61.2 Å². The maximum Gasteiger partial charge on any atom is 0.294 e. The molecule has 0 fully saturated rings. The van der Waals surface area contributed by atoms with Gasteiger partial charge in [-0.3, -0.25) is 4.55 Å². The Morgan fingerprint density at radius 1 is 0.700 bits per heavy atom. The molecular formula is C12H10KO5S2. The van der Waals surface area contributed by atoms with Crippen LogP contribution in [-0.2, 0) is 20.0 Å². The summed E-state index contributed by atoms with van der Waals surface area (Å²) in [6.07, 6.45) is 0. The van der Waals surface area contributed by atoms with Crippen molar-refractivity contribution in [2.45, 2.75) is 14.7 Å². The van der Waals surface area contributed by atoms with Gasteiger partial charge in [-0.05, 0) is 30.3 Å². The van der Waals surface area contributed by atoms with Crippen molar-refractivity contribution in [1.82, 2.24) is 0 Å². The quantitative estimate of drug-likeness (QED) is 0.675. The van der Waals surface area contributed by atoms with E-state index in [1.54, 1.807) is 18.2 Å². The van der Waals surface area contributed by atoms with E-state index in [1.165, 1.54) is 24.3 Å². The van der Waals surface area contributed by atoms with E-state index in [0.717, 1.165) is 12.1 Å². The minimum atomic E-state index is -4.43. The summed E-state index contributed by atoms with van der Waals surface area (Å²) in [7, 11) is -8.23. The van der Waals surface area contributed by atoms with Gasteiger partial charge in [0, 0.05) is 51.4 Å². The molecule has 2 aromatic rings. The summed E-state index contributed by atoms with van der Waals surface area (Å²) >= 11 is 0. The Balaban J connectivity index is 0.00000200. The van der Waals surface area contributed by atoms with Crippen molar-refractivity contribution in [2.24, 2.45) is 0 Å². The third kappa shape index (κ3) is 3.98. The van der Waals surface area contributed by atoms with E-state index in [1.807, 2.05) is 0 Å². The van der Waals surface area contributed by atoms with Gasteiger partial charge in [-0.25, -0.2) is 8.42 Å². The van der Waals surface area contributed by atoms with Crippen LogP contribution in [0.4, 0.5) is 0 Å². The molecule has 1 N–H and O–H groups in total. The molecule has 20 heavy (non-hydrogen) atoms. The van der Waals surface area contributed by atoms with E-state index in [2.05, 4.69) is 0 Å². The minimum Gasteiger partial charge on any atom is -0.282 e. The predicted octanol–water partition coefficient (Wildman–Crippen LogP) is 1.39. The second kappa shape index (κ2) is 6.80. The fourth-order valence-electron chi connectivity index (χ4n) is 1.54. The Bertz CT molecular complexity index is 799. The number of hydrogen-bond acceptors (Lipinski definition) is 4. The van der Waals surface area contributed by atoms with Crippen LogP contribution in [0, 0.1) is 0 Å². The van der Waals surface area contributed by atoms with Gasteiger partial charge in [-0.1, -0.05) is 24.3 Å². The van der Waals surface area contributed by atoms with Crippen LogP contribution >= 0.6 is 0 Å². The molecule has 2 rings (SSSR count). The van der Waals surface area contributed by atoms with Crippen molar-refractivity contribution in [3.05, 3.63) is 54.6 Å². The molecule has 5 nitrogen and oxygen atoms in total. The summed E-state index contributed by atoms with van der Waals surface area (Å²) in [5.41, 5.74) is 0. The van der Waals surface area contributed by atoms with E-state index in [9.17, 15) is 16.8 Å². The van der Waals surface area contributed by atoms with Crippen LogP contribution in [0.5, 0.6) is 0 Å². The van der Waals surface area contributed by atoms with E-state index < -0.39 is 24.9 Å². The van der Waals surface area contributed by atoms with Crippen molar-refractivity contribution in [2.75, 3.05) is 0 Å². The smallest absolute Gasteiger partial charge is 0.282 e. The summed E-state index contributed by atoms with van der Waals surface area (Å²) in [6.45, 7) is 0. The Hall–Kier alpha value is -0.0636. The number of rotatable bonds is 3. The Labute approximate surface area is 160 Å². The molecule has 1 radical (unpaired) electrons.